The molecule has 14 heteroatoms. The van der Waals surface area contributed by atoms with Crippen molar-refractivity contribution < 1.29 is 28.7 Å². The molecule has 0 aromatic carbocycles. The van der Waals surface area contributed by atoms with Crippen molar-refractivity contribution in [2.24, 2.45) is 0 Å². The number of rotatable bonds is 2. The Morgan fingerprint density at radius 3 is 0.867 bits per heavy atom. The number of halogens is 2. The van der Waals surface area contributed by atoms with Gasteiger partial charge in [0.25, 0.3) is 0 Å². The maximum absolute atomic E-state index is 10.2. The Bertz CT molecular complexity index is 224. The van der Waals surface area contributed by atoms with Crippen molar-refractivity contribution in [2.75, 3.05) is 0 Å². The van der Waals surface area contributed by atoms with Crippen LogP contribution in [0.3, 0.4) is 0 Å². The van der Waals surface area contributed by atoms with Gasteiger partial charge in [0, 0.05) is 118 Å². The quantitative estimate of drug-likeness (QED) is 0.289. The minimum absolute atomic E-state index is 0. The van der Waals surface area contributed by atoms with Crippen molar-refractivity contribution in [3.05, 3.63) is 0 Å². The van der Waals surface area contributed by atoms with Gasteiger partial charge in [0.2, 0.25) is 0 Å². The SMILES string of the molecule is O=P(O)(O)C(Cl)(Cl)P(=O)(O)O.[Na].[Na].[Na].[Na]. The van der Waals surface area contributed by atoms with E-state index in [0.717, 1.165) is 0 Å². The summed E-state index contributed by atoms with van der Waals surface area (Å²) in [5.74, 6) is 0. The van der Waals surface area contributed by atoms with Gasteiger partial charge in [-0.2, -0.15) is 0 Å². The summed E-state index contributed by atoms with van der Waals surface area (Å²) < 4.78 is 17.1. The minimum Gasteiger partial charge on any atom is -0.322 e. The van der Waals surface area contributed by atoms with Gasteiger partial charge in [0.15, 0.2) is 0 Å². The van der Waals surface area contributed by atoms with Gasteiger partial charge in [-0.3, -0.25) is 9.13 Å². The smallest absolute Gasteiger partial charge is 0.322 e. The maximum Gasteiger partial charge on any atom is 0.373 e. The van der Waals surface area contributed by atoms with E-state index in [1.54, 1.807) is 0 Å². The van der Waals surface area contributed by atoms with Crippen LogP contribution in [0.5, 0.6) is 0 Å². The van der Waals surface area contributed by atoms with Crippen LogP contribution in [-0.2, 0) is 9.13 Å². The van der Waals surface area contributed by atoms with Crippen LogP contribution in [0.4, 0.5) is 0 Å². The van der Waals surface area contributed by atoms with E-state index in [0.29, 0.717) is 0 Å². The topological polar surface area (TPSA) is 115 Å². The minimum atomic E-state index is -5.22. The molecule has 0 aliphatic carbocycles. The summed E-state index contributed by atoms with van der Waals surface area (Å²) in [7, 11) is -10.4. The summed E-state index contributed by atoms with van der Waals surface area (Å²) in [6, 6.07) is 0. The van der Waals surface area contributed by atoms with E-state index in [1.165, 1.54) is 0 Å². The van der Waals surface area contributed by atoms with E-state index in [9.17, 15) is 9.13 Å². The summed E-state index contributed by atoms with van der Waals surface area (Å²) in [5, 5.41) is 0. The molecule has 4 radical (unpaired) electrons. The van der Waals surface area contributed by atoms with Crippen molar-refractivity contribution in [3.63, 3.8) is 0 Å². The Hall–Kier alpha value is 4.88. The van der Waals surface area contributed by atoms with Crippen molar-refractivity contribution >= 4 is 157 Å². The molecule has 0 spiro atoms. The largest absolute Gasteiger partial charge is 0.373 e. The van der Waals surface area contributed by atoms with E-state index in [4.69, 9.17) is 42.8 Å². The molecule has 6 nitrogen and oxygen atoms in total. The molecule has 0 aromatic heterocycles. The second-order valence-corrected chi connectivity index (χ2v) is 7.85. The second kappa shape index (κ2) is 11.5. The zero-order valence-corrected chi connectivity index (χ0v) is 20.1. The molecule has 0 heterocycles. The molecule has 0 atom stereocenters. The van der Waals surface area contributed by atoms with Gasteiger partial charge in [-0.25, -0.2) is 0 Å². The fraction of sp³-hybridized carbons (Fsp3) is 1.00. The monoisotopic (exact) mass is 336 g/mol. The molecule has 4 N–H and O–H groups in total. The van der Waals surface area contributed by atoms with Gasteiger partial charge in [-0.15, -0.1) is 0 Å². The zero-order valence-electron chi connectivity index (χ0n) is 8.76. The molecule has 0 amide bonds. The number of hydrogen-bond acceptors (Lipinski definition) is 2. The number of hydrogen-bond donors (Lipinski definition) is 4. The third-order valence-corrected chi connectivity index (χ3v) is 6.31. The van der Waals surface area contributed by atoms with Gasteiger partial charge in [-0.1, -0.05) is 23.2 Å². The number of alkyl halides is 2. The standard InChI is InChI=1S/CH4Cl2O6P2.4Na/c2-1(3,10(4,5)6)11(7,8)9;;;;/h(H2,4,5,6)(H2,7,8,9);;;;. The van der Waals surface area contributed by atoms with Crippen molar-refractivity contribution in [1.29, 1.82) is 0 Å². The normalized spacial score (nSPS) is 11.1. The molecule has 72 valence electrons. The van der Waals surface area contributed by atoms with Crippen LogP contribution in [0.1, 0.15) is 0 Å². The molecule has 15 heavy (non-hydrogen) atoms. The van der Waals surface area contributed by atoms with Crippen molar-refractivity contribution in [1.82, 2.24) is 0 Å². The molecule has 0 aromatic rings. The van der Waals surface area contributed by atoms with Gasteiger partial charge in [0.1, 0.15) is 0 Å². The first kappa shape index (κ1) is 32.0. The van der Waals surface area contributed by atoms with Crippen LogP contribution in [0.15, 0.2) is 0 Å². The zero-order chi connectivity index (χ0) is 9.50. The summed E-state index contributed by atoms with van der Waals surface area (Å²) in [6.45, 7) is 0. The third kappa shape index (κ3) is 10.3. The average molecular weight is 337 g/mol. The average Bonchev–Trinajstić information content (AvgIpc) is 1.58. The summed E-state index contributed by atoms with van der Waals surface area (Å²) in [6.07, 6.45) is 0. The first-order valence-electron chi connectivity index (χ1n) is 1.99. The molecule has 0 aliphatic heterocycles. The van der Waals surface area contributed by atoms with Crippen molar-refractivity contribution in [3.8, 4) is 0 Å². The van der Waals surface area contributed by atoms with E-state index in [-0.39, 0.29) is 118 Å². The Morgan fingerprint density at radius 1 is 0.733 bits per heavy atom. The second-order valence-electron chi connectivity index (χ2n) is 1.60. The van der Waals surface area contributed by atoms with Crippen LogP contribution in [-0.4, -0.2) is 142 Å². The third-order valence-electron chi connectivity index (χ3n) is 0.701. The van der Waals surface area contributed by atoms with E-state index in [1.807, 2.05) is 0 Å². The summed E-state index contributed by atoms with van der Waals surface area (Å²) in [4.78, 5) is 32.9. The summed E-state index contributed by atoms with van der Waals surface area (Å²) >= 11 is 9.46. The molecule has 0 unspecified atom stereocenters. The molecule has 0 fully saturated rings. The van der Waals surface area contributed by atoms with Crippen LogP contribution in [0, 0.1) is 0 Å². The van der Waals surface area contributed by atoms with Gasteiger partial charge >= 0.3 is 19.0 Å². The fourth-order valence-corrected chi connectivity index (χ4v) is 1.53. The maximum atomic E-state index is 10.2. The van der Waals surface area contributed by atoms with E-state index < -0.39 is 19.0 Å². The molecule has 0 saturated heterocycles. The Kier molecular flexibility index (Phi) is 24.6. The van der Waals surface area contributed by atoms with Crippen LogP contribution in [0.25, 0.3) is 0 Å². The van der Waals surface area contributed by atoms with Crippen LogP contribution >= 0.6 is 38.4 Å². The Balaban J connectivity index is -0.0000000833. The Morgan fingerprint density at radius 2 is 0.867 bits per heavy atom. The van der Waals surface area contributed by atoms with Gasteiger partial charge in [-0.05, 0) is 0 Å². The summed E-state index contributed by atoms with van der Waals surface area (Å²) in [5.41, 5.74) is 0. The Labute approximate surface area is 185 Å². The van der Waals surface area contributed by atoms with Gasteiger partial charge < -0.3 is 19.6 Å². The van der Waals surface area contributed by atoms with Crippen molar-refractivity contribution in [2.45, 2.75) is 3.82 Å². The van der Waals surface area contributed by atoms with E-state index in [2.05, 4.69) is 0 Å². The molecular weight excluding hydrogens is 333 g/mol. The van der Waals surface area contributed by atoms with Gasteiger partial charge in [0.05, 0.1) is 0 Å². The van der Waals surface area contributed by atoms with Crippen LogP contribution < -0.4 is 0 Å². The molecular formula is CH4Cl2Na4O6P2. The first-order valence-corrected chi connectivity index (χ1v) is 5.97. The van der Waals surface area contributed by atoms with E-state index >= 15 is 0 Å². The fourth-order valence-electron chi connectivity index (χ4n) is 0.170. The molecule has 0 aliphatic rings. The predicted molar refractivity (Wildman–Crippen MR) is 61.5 cm³/mol. The predicted octanol–water partition coefficient (Wildman–Crippen LogP) is -1.09. The van der Waals surface area contributed by atoms with Crippen LogP contribution in [0.2, 0.25) is 0 Å². The molecule has 0 bridgehead atoms. The molecule has 0 rings (SSSR count). The first-order chi connectivity index (χ1) is 4.50. The molecule has 0 saturated carbocycles.